The third kappa shape index (κ3) is 7.65. The maximum absolute atomic E-state index is 6.98. The second kappa shape index (κ2) is 16.0. The number of hydrogen-bond acceptors (Lipinski definition) is 7. The minimum atomic E-state index is -0.315. The molecular formula is C38H70O7. The molecular weight excluding hydrogens is 568 g/mol. The van der Waals surface area contributed by atoms with E-state index in [2.05, 4.69) is 96.9 Å². The first-order valence-corrected chi connectivity index (χ1v) is 18.9. The Morgan fingerprint density at radius 1 is 0.333 bits per heavy atom. The van der Waals surface area contributed by atoms with Gasteiger partial charge in [-0.25, -0.2) is 0 Å². The van der Waals surface area contributed by atoms with Crippen LogP contribution in [0.2, 0.25) is 0 Å². The Balaban J connectivity index is 1.43. The van der Waals surface area contributed by atoms with Gasteiger partial charge >= 0.3 is 0 Å². The third-order valence-corrected chi connectivity index (χ3v) is 13.2. The second-order valence-electron chi connectivity index (χ2n) is 15.7. The predicted molar refractivity (Wildman–Crippen MR) is 179 cm³/mol. The van der Waals surface area contributed by atoms with E-state index in [4.69, 9.17) is 33.2 Å². The Labute approximate surface area is 276 Å². The van der Waals surface area contributed by atoms with Crippen molar-refractivity contribution in [1.29, 1.82) is 0 Å². The van der Waals surface area contributed by atoms with Gasteiger partial charge in [0.15, 0.2) is 18.9 Å². The molecule has 0 aromatic rings. The fourth-order valence-corrected chi connectivity index (χ4v) is 8.57. The van der Waals surface area contributed by atoms with Crippen molar-refractivity contribution < 1.29 is 33.2 Å². The molecule has 4 aliphatic heterocycles. The zero-order valence-electron chi connectivity index (χ0n) is 31.2. The maximum atomic E-state index is 6.98. The highest BCUT2D eigenvalue weighted by Crippen LogP contribution is 2.44. The third-order valence-electron chi connectivity index (χ3n) is 13.2. The summed E-state index contributed by atoms with van der Waals surface area (Å²) in [4.78, 5) is 0. The summed E-state index contributed by atoms with van der Waals surface area (Å²) in [6.07, 6.45) is 3.22. The van der Waals surface area contributed by atoms with E-state index in [-0.39, 0.29) is 91.4 Å². The van der Waals surface area contributed by atoms with E-state index in [1.807, 2.05) is 0 Å². The molecule has 0 bridgehead atoms. The van der Waals surface area contributed by atoms with E-state index >= 15 is 0 Å². The smallest absolute Gasteiger partial charge is 0.161 e. The highest BCUT2D eigenvalue weighted by molar-refractivity contribution is 4.93. The van der Waals surface area contributed by atoms with Crippen molar-refractivity contribution in [2.75, 3.05) is 0 Å². The Hall–Kier alpha value is -0.280. The van der Waals surface area contributed by atoms with Gasteiger partial charge < -0.3 is 33.2 Å². The van der Waals surface area contributed by atoms with Crippen molar-refractivity contribution in [1.82, 2.24) is 0 Å². The predicted octanol–water partition coefficient (Wildman–Crippen LogP) is 8.47. The molecule has 0 saturated carbocycles. The van der Waals surface area contributed by atoms with Crippen LogP contribution >= 0.6 is 0 Å². The summed E-state index contributed by atoms with van der Waals surface area (Å²) in [6.45, 7) is 31.6. The van der Waals surface area contributed by atoms with Crippen molar-refractivity contribution in [2.24, 2.45) is 53.3 Å². The highest BCUT2D eigenvalue weighted by atomic mass is 16.7. The average molecular weight is 639 g/mol. The molecule has 45 heavy (non-hydrogen) atoms. The van der Waals surface area contributed by atoms with Crippen LogP contribution in [-0.2, 0) is 33.2 Å². The van der Waals surface area contributed by atoms with Crippen LogP contribution in [0, 0.1) is 53.3 Å². The monoisotopic (exact) mass is 639 g/mol. The van der Waals surface area contributed by atoms with Crippen molar-refractivity contribution in [3.63, 3.8) is 0 Å². The molecule has 0 radical (unpaired) electrons. The summed E-state index contributed by atoms with van der Waals surface area (Å²) < 4.78 is 47.2. The summed E-state index contributed by atoms with van der Waals surface area (Å²) in [6, 6.07) is 0. The van der Waals surface area contributed by atoms with Crippen LogP contribution in [0.5, 0.6) is 0 Å². The molecule has 8 unspecified atom stereocenters. The maximum Gasteiger partial charge on any atom is 0.161 e. The van der Waals surface area contributed by atoms with Crippen LogP contribution in [0.15, 0.2) is 0 Å². The Morgan fingerprint density at radius 3 is 1.02 bits per heavy atom. The molecule has 20 atom stereocenters. The molecule has 0 amide bonds. The first kappa shape index (κ1) is 37.5. The number of ether oxygens (including phenoxy) is 7. The van der Waals surface area contributed by atoms with Crippen LogP contribution in [-0.4, -0.2) is 67.7 Å². The molecule has 0 aromatic carbocycles. The van der Waals surface area contributed by atoms with Crippen molar-refractivity contribution in [2.45, 2.75) is 190 Å². The van der Waals surface area contributed by atoms with E-state index < -0.39 is 0 Å². The largest absolute Gasteiger partial charge is 0.372 e. The van der Waals surface area contributed by atoms with E-state index in [9.17, 15) is 0 Å². The van der Waals surface area contributed by atoms with Gasteiger partial charge in [-0.05, 0) is 68.1 Å². The molecule has 0 aromatic heterocycles. The topological polar surface area (TPSA) is 64.6 Å². The molecule has 4 saturated heterocycles. The van der Waals surface area contributed by atoms with Crippen LogP contribution in [0.1, 0.15) is 123 Å². The molecule has 0 spiro atoms. The summed E-state index contributed by atoms with van der Waals surface area (Å²) in [5.41, 5.74) is 0. The van der Waals surface area contributed by atoms with Crippen LogP contribution in [0.3, 0.4) is 0 Å². The van der Waals surface area contributed by atoms with Crippen LogP contribution < -0.4 is 0 Å². The van der Waals surface area contributed by atoms with Crippen molar-refractivity contribution in [3.05, 3.63) is 0 Å². The average Bonchev–Trinajstić information content (AvgIpc) is 3.03. The lowest BCUT2D eigenvalue weighted by molar-refractivity contribution is -0.355. The summed E-state index contributed by atoms with van der Waals surface area (Å²) >= 11 is 0. The molecule has 4 heterocycles. The van der Waals surface area contributed by atoms with Gasteiger partial charge in [0.1, 0.15) is 0 Å². The van der Waals surface area contributed by atoms with E-state index in [1.165, 1.54) is 0 Å². The first-order valence-electron chi connectivity index (χ1n) is 18.9. The molecule has 0 N–H and O–H groups in total. The minimum absolute atomic E-state index is 0.0234. The van der Waals surface area contributed by atoms with E-state index in [1.54, 1.807) is 0 Å². The van der Waals surface area contributed by atoms with Gasteiger partial charge in [-0.15, -0.1) is 0 Å². The van der Waals surface area contributed by atoms with Gasteiger partial charge in [0, 0.05) is 17.8 Å². The standard InChI is InChI=1S/C38H70O7/c1-15-29-21(7)19(5)25(11)36(40-29)44-34-23(9)27(13)38(42-31(34)17-3)45-35-24(10)26(12)37(41-32(35)18-4)43-33-22(8)20(6)28(14)39-30(33)16-2/h19-38H,15-18H2,1-14H3/t19-,20-,21+,22?,23?,24+,25?,26?,27-,28+,29?,30?,31?,32?,33-,34-,35+,36-,37-,38+/m0/s1. The number of hydrogen-bond donors (Lipinski definition) is 0. The molecule has 7 nitrogen and oxygen atoms in total. The molecule has 4 rings (SSSR count). The summed E-state index contributed by atoms with van der Waals surface area (Å²) in [5, 5.41) is 0. The molecule has 7 heteroatoms. The van der Waals surface area contributed by atoms with E-state index in [0.717, 1.165) is 25.7 Å². The lowest BCUT2D eigenvalue weighted by Gasteiger charge is -2.52. The quantitative estimate of drug-likeness (QED) is 0.238. The van der Waals surface area contributed by atoms with Gasteiger partial charge in [0.2, 0.25) is 0 Å². The summed E-state index contributed by atoms with van der Waals surface area (Å²) in [7, 11) is 0. The SMILES string of the molecule is CCC1O[C@H](O[C@H]2C(CC)O[C@@H](O[C@@H]3C(CC)O[C@H](C)[C@@H](C)C3C)C(C)[C@H]2C)[C@@H](C)C(C)[C@@H]1O[C@@H]1OC(CC)[C@H](C)[C@H](C)C1C. The zero-order chi connectivity index (χ0) is 33.3. The van der Waals surface area contributed by atoms with E-state index in [0.29, 0.717) is 29.6 Å². The Morgan fingerprint density at radius 2 is 0.644 bits per heavy atom. The van der Waals surface area contributed by atoms with Gasteiger partial charge in [-0.1, -0.05) is 90.0 Å². The lowest BCUT2D eigenvalue weighted by atomic mass is 9.78. The van der Waals surface area contributed by atoms with Gasteiger partial charge in [0.05, 0.1) is 48.8 Å². The second-order valence-corrected chi connectivity index (χ2v) is 15.7. The van der Waals surface area contributed by atoms with Gasteiger partial charge in [-0.3, -0.25) is 0 Å². The molecule has 4 aliphatic rings. The normalized spacial score (nSPS) is 52.9. The van der Waals surface area contributed by atoms with Crippen LogP contribution in [0.4, 0.5) is 0 Å². The fourth-order valence-electron chi connectivity index (χ4n) is 8.57. The lowest BCUT2D eigenvalue weighted by Crippen LogP contribution is -2.59. The Kier molecular flexibility index (Phi) is 13.3. The van der Waals surface area contributed by atoms with Crippen molar-refractivity contribution >= 4 is 0 Å². The van der Waals surface area contributed by atoms with Gasteiger partial charge in [-0.2, -0.15) is 0 Å². The molecule has 0 aliphatic carbocycles. The highest BCUT2D eigenvalue weighted by Gasteiger charge is 2.51. The molecule has 4 fully saturated rings. The van der Waals surface area contributed by atoms with Crippen LogP contribution in [0.25, 0.3) is 0 Å². The summed E-state index contributed by atoms with van der Waals surface area (Å²) in [5.74, 6) is 3.09. The Bertz CT molecular complexity index is 893. The zero-order valence-corrected chi connectivity index (χ0v) is 31.2. The van der Waals surface area contributed by atoms with Crippen molar-refractivity contribution in [3.8, 4) is 0 Å². The fraction of sp³-hybridized carbons (Fsp3) is 1.00. The molecule has 264 valence electrons. The van der Waals surface area contributed by atoms with Gasteiger partial charge in [0.25, 0.3) is 0 Å². The number of rotatable bonds is 10. The minimum Gasteiger partial charge on any atom is -0.372 e. The first-order chi connectivity index (χ1) is 21.3.